The van der Waals surface area contributed by atoms with E-state index in [2.05, 4.69) is 10.3 Å². The summed E-state index contributed by atoms with van der Waals surface area (Å²) in [5.74, 6) is 0.0755. The van der Waals surface area contributed by atoms with Gasteiger partial charge in [-0.25, -0.2) is 4.98 Å². The quantitative estimate of drug-likeness (QED) is 0.889. The smallest absolute Gasteiger partial charge is 0.220 e. The minimum absolute atomic E-state index is 0.0755. The van der Waals surface area contributed by atoms with E-state index in [9.17, 15) is 4.79 Å². The third-order valence-electron chi connectivity index (χ3n) is 2.70. The predicted octanol–water partition coefficient (Wildman–Crippen LogP) is 3.09. The molecule has 0 spiro atoms. The summed E-state index contributed by atoms with van der Waals surface area (Å²) in [6, 6.07) is 7.59. The molecule has 0 radical (unpaired) electrons. The highest BCUT2D eigenvalue weighted by molar-refractivity contribution is 7.09. The summed E-state index contributed by atoms with van der Waals surface area (Å²) < 4.78 is 0. The van der Waals surface area contributed by atoms with Gasteiger partial charge in [0.15, 0.2) is 0 Å². The van der Waals surface area contributed by atoms with Crippen molar-refractivity contribution in [2.24, 2.45) is 0 Å². The van der Waals surface area contributed by atoms with Gasteiger partial charge in [-0.2, -0.15) is 0 Å². The van der Waals surface area contributed by atoms with Crippen LogP contribution in [0.25, 0.3) is 0 Å². The molecule has 1 N–H and O–H groups in total. The highest BCUT2D eigenvalue weighted by atomic mass is 35.5. The Kier molecular flexibility index (Phi) is 5.36. The summed E-state index contributed by atoms with van der Waals surface area (Å²) in [7, 11) is 0. The van der Waals surface area contributed by atoms with Crippen LogP contribution in [0.4, 0.5) is 0 Å². The number of thiazole rings is 1. The molecule has 0 saturated heterocycles. The molecule has 19 heavy (non-hydrogen) atoms. The van der Waals surface area contributed by atoms with E-state index >= 15 is 0 Å². The molecule has 1 amide bonds. The number of rotatable bonds is 6. The maximum atomic E-state index is 11.7. The molecule has 0 fully saturated rings. The Morgan fingerprint density at radius 1 is 1.26 bits per heavy atom. The van der Waals surface area contributed by atoms with Crippen molar-refractivity contribution in [2.45, 2.75) is 19.3 Å². The van der Waals surface area contributed by atoms with Crippen LogP contribution in [0.5, 0.6) is 0 Å². The SMILES string of the molecule is O=C(CCc1ccc(Cl)cc1)NCCc1nccs1. The average molecular weight is 295 g/mol. The van der Waals surface area contributed by atoms with Crippen LogP contribution >= 0.6 is 22.9 Å². The zero-order valence-electron chi connectivity index (χ0n) is 10.4. The lowest BCUT2D eigenvalue weighted by molar-refractivity contribution is -0.121. The Bertz CT molecular complexity index is 511. The maximum Gasteiger partial charge on any atom is 0.220 e. The van der Waals surface area contributed by atoms with E-state index in [0.29, 0.717) is 13.0 Å². The minimum Gasteiger partial charge on any atom is -0.356 e. The Hall–Kier alpha value is -1.39. The molecular weight excluding hydrogens is 280 g/mol. The molecule has 1 aromatic carbocycles. The fourth-order valence-corrected chi connectivity index (χ4v) is 2.43. The summed E-state index contributed by atoms with van der Waals surface area (Å²) >= 11 is 7.42. The molecule has 100 valence electrons. The molecule has 1 heterocycles. The van der Waals surface area contributed by atoms with Crippen molar-refractivity contribution in [1.82, 2.24) is 10.3 Å². The number of carbonyl (C=O) groups excluding carboxylic acids is 1. The molecule has 0 aliphatic heterocycles. The lowest BCUT2D eigenvalue weighted by Gasteiger charge is -2.04. The van der Waals surface area contributed by atoms with Gasteiger partial charge < -0.3 is 5.32 Å². The second-order valence-corrected chi connectivity index (χ2v) is 5.57. The number of benzene rings is 1. The minimum atomic E-state index is 0.0755. The van der Waals surface area contributed by atoms with Crippen LogP contribution in [0, 0.1) is 0 Å². The van der Waals surface area contributed by atoms with E-state index in [-0.39, 0.29) is 5.91 Å². The van der Waals surface area contributed by atoms with E-state index in [1.807, 2.05) is 29.6 Å². The third-order valence-corrected chi connectivity index (χ3v) is 3.79. The summed E-state index contributed by atoms with van der Waals surface area (Å²) in [6.07, 6.45) is 3.81. The van der Waals surface area contributed by atoms with Crippen molar-refractivity contribution in [2.75, 3.05) is 6.54 Å². The zero-order valence-corrected chi connectivity index (χ0v) is 12.0. The molecule has 2 aromatic rings. The lowest BCUT2D eigenvalue weighted by atomic mass is 10.1. The van der Waals surface area contributed by atoms with Crippen molar-refractivity contribution in [3.05, 3.63) is 51.4 Å². The molecule has 1 aromatic heterocycles. The van der Waals surface area contributed by atoms with Crippen LogP contribution < -0.4 is 5.32 Å². The largest absolute Gasteiger partial charge is 0.356 e. The van der Waals surface area contributed by atoms with Crippen molar-refractivity contribution in [3.63, 3.8) is 0 Å². The van der Waals surface area contributed by atoms with Crippen molar-refractivity contribution >= 4 is 28.8 Å². The van der Waals surface area contributed by atoms with Crippen LogP contribution in [0.1, 0.15) is 17.0 Å². The summed E-state index contributed by atoms with van der Waals surface area (Å²) in [4.78, 5) is 15.8. The second kappa shape index (κ2) is 7.26. The van der Waals surface area contributed by atoms with Crippen LogP contribution in [0.3, 0.4) is 0 Å². The predicted molar refractivity (Wildman–Crippen MR) is 78.6 cm³/mol. The topological polar surface area (TPSA) is 42.0 Å². The fourth-order valence-electron chi connectivity index (χ4n) is 1.68. The van der Waals surface area contributed by atoms with Gasteiger partial charge in [0.05, 0.1) is 5.01 Å². The molecule has 0 aliphatic rings. The second-order valence-electron chi connectivity index (χ2n) is 4.15. The third kappa shape index (κ3) is 5.01. The number of nitrogens with zero attached hydrogens (tertiary/aromatic N) is 1. The molecule has 2 rings (SSSR count). The van der Waals surface area contributed by atoms with Gasteiger partial charge in [-0.1, -0.05) is 23.7 Å². The fraction of sp³-hybridized carbons (Fsp3) is 0.286. The Morgan fingerprint density at radius 2 is 2.05 bits per heavy atom. The van der Waals surface area contributed by atoms with E-state index in [1.54, 1.807) is 17.5 Å². The molecular formula is C14H15ClN2OS. The summed E-state index contributed by atoms with van der Waals surface area (Å²) in [5, 5.41) is 6.62. The molecule has 0 aliphatic carbocycles. The van der Waals surface area contributed by atoms with Crippen LogP contribution in [-0.2, 0) is 17.6 Å². The van der Waals surface area contributed by atoms with E-state index < -0.39 is 0 Å². The number of nitrogens with one attached hydrogen (secondary N) is 1. The van der Waals surface area contributed by atoms with Gasteiger partial charge in [-0.05, 0) is 24.1 Å². The van der Waals surface area contributed by atoms with Crippen molar-refractivity contribution in [3.8, 4) is 0 Å². The van der Waals surface area contributed by atoms with Crippen LogP contribution in [0.2, 0.25) is 5.02 Å². The number of aryl methyl sites for hydroxylation is 1. The van der Waals surface area contributed by atoms with Crippen LogP contribution in [-0.4, -0.2) is 17.4 Å². The molecule has 0 unspecified atom stereocenters. The number of carbonyl (C=O) groups is 1. The maximum absolute atomic E-state index is 11.7. The summed E-state index contributed by atoms with van der Waals surface area (Å²) in [5.41, 5.74) is 1.12. The van der Waals surface area contributed by atoms with Crippen LogP contribution in [0.15, 0.2) is 35.8 Å². The zero-order chi connectivity index (χ0) is 13.5. The number of halogens is 1. The van der Waals surface area contributed by atoms with Gasteiger partial charge >= 0.3 is 0 Å². The Morgan fingerprint density at radius 3 is 2.74 bits per heavy atom. The monoisotopic (exact) mass is 294 g/mol. The van der Waals surface area contributed by atoms with E-state index in [4.69, 9.17) is 11.6 Å². The van der Waals surface area contributed by atoms with Gasteiger partial charge in [0.1, 0.15) is 0 Å². The van der Waals surface area contributed by atoms with Gasteiger partial charge in [0, 0.05) is 36.0 Å². The number of hydrogen-bond donors (Lipinski definition) is 1. The van der Waals surface area contributed by atoms with Gasteiger partial charge in [-0.15, -0.1) is 11.3 Å². The Balaban J connectivity index is 1.65. The standard InChI is InChI=1S/C14H15ClN2OS/c15-12-4-1-11(2-5-12)3-6-13(18)16-8-7-14-17-9-10-19-14/h1-2,4-5,9-10H,3,6-8H2,(H,16,18). The average Bonchev–Trinajstić information content (AvgIpc) is 2.91. The number of amides is 1. The first-order chi connectivity index (χ1) is 9.24. The first-order valence-corrected chi connectivity index (χ1v) is 7.39. The molecule has 0 bridgehead atoms. The highest BCUT2D eigenvalue weighted by Gasteiger charge is 2.03. The van der Waals surface area contributed by atoms with E-state index in [0.717, 1.165) is 28.4 Å². The lowest BCUT2D eigenvalue weighted by Crippen LogP contribution is -2.25. The van der Waals surface area contributed by atoms with Gasteiger partial charge in [-0.3, -0.25) is 4.79 Å². The Labute approximate surface area is 121 Å². The van der Waals surface area contributed by atoms with Gasteiger partial charge in [0.2, 0.25) is 5.91 Å². The van der Waals surface area contributed by atoms with Crippen molar-refractivity contribution in [1.29, 1.82) is 0 Å². The highest BCUT2D eigenvalue weighted by Crippen LogP contribution is 2.10. The summed E-state index contributed by atoms with van der Waals surface area (Å²) in [6.45, 7) is 0.646. The molecule has 5 heteroatoms. The van der Waals surface area contributed by atoms with Gasteiger partial charge in [0.25, 0.3) is 0 Å². The first-order valence-electron chi connectivity index (χ1n) is 6.13. The number of aromatic nitrogens is 1. The first kappa shape index (κ1) is 14.0. The van der Waals surface area contributed by atoms with Crippen molar-refractivity contribution < 1.29 is 4.79 Å². The van der Waals surface area contributed by atoms with E-state index in [1.165, 1.54) is 0 Å². The number of hydrogen-bond acceptors (Lipinski definition) is 3. The molecule has 0 atom stereocenters. The molecule has 3 nitrogen and oxygen atoms in total. The molecule has 0 saturated carbocycles. The normalized spacial score (nSPS) is 10.4.